The second kappa shape index (κ2) is 5.94. The molecule has 0 bridgehead atoms. The zero-order valence-electron chi connectivity index (χ0n) is 13.6. The lowest BCUT2D eigenvalue weighted by Crippen LogP contribution is -2.13. The van der Waals surface area contributed by atoms with Gasteiger partial charge in [0, 0.05) is 17.0 Å². The molecule has 3 aromatic rings. The van der Waals surface area contributed by atoms with E-state index in [1.165, 1.54) is 24.2 Å². The largest absolute Gasteiger partial charge is 0.296 e. The van der Waals surface area contributed by atoms with Gasteiger partial charge in [-0.3, -0.25) is 15.1 Å². The van der Waals surface area contributed by atoms with Crippen molar-refractivity contribution in [1.82, 2.24) is 15.2 Å². The van der Waals surface area contributed by atoms with Gasteiger partial charge in [0.25, 0.3) is 5.91 Å². The van der Waals surface area contributed by atoms with Crippen molar-refractivity contribution in [3.05, 3.63) is 46.6 Å². The van der Waals surface area contributed by atoms with E-state index in [1.54, 1.807) is 0 Å². The van der Waals surface area contributed by atoms with Gasteiger partial charge in [0.15, 0.2) is 0 Å². The number of hydrogen-bond acceptors (Lipinski definition) is 5. The number of carbonyl (C=O) groups is 1. The molecule has 1 aromatic carbocycles. The Hall–Kier alpha value is -2.34. The molecule has 2 heterocycles. The van der Waals surface area contributed by atoms with Crippen LogP contribution in [0.1, 0.15) is 59.6 Å². The lowest BCUT2D eigenvalue weighted by atomic mass is 10.0. The van der Waals surface area contributed by atoms with E-state index in [-0.39, 0.29) is 11.8 Å². The molecule has 4 rings (SSSR count). The summed E-state index contributed by atoms with van der Waals surface area (Å²) in [5.74, 6) is 0.639. The number of carbonyl (C=O) groups excluding carboxylic acids is 1. The van der Waals surface area contributed by atoms with E-state index in [4.69, 9.17) is 0 Å². The third-order valence-corrected chi connectivity index (χ3v) is 5.16. The van der Waals surface area contributed by atoms with Crippen molar-refractivity contribution in [3.8, 4) is 0 Å². The molecule has 122 valence electrons. The average molecular weight is 338 g/mol. The molecule has 0 unspecified atom stereocenters. The number of fused-ring (bicyclic) bond motifs is 1. The SMILES string of the molecule is CC(C)c1cc(C(=O)Nc2nnc(C3CC3)s2)c2ccccc2n1. The van der Waals surface area contributed by atoms with Crippen molar-refractivity contribution in [2.24, 2.45) is 0 Å². The first-order valence-electron chi connectivity index (χ1n) is 8.16. The minimum absolute atomic E-state index is 0.158. The third kappa shape index (κ3) is 2.89. The normalized spacial score (nSPS) is 14.3. The van der Waals surface area contributed by atoms with Crippen LogP contribution in [0.25, 0.3) is 10.9 Å². The molecule has 0 radical (unpaired) electrons. The summed E-state index contributed by atoms with van der Waals surface area (Å²) < 4.78 is 0. The van der Waals surface area contributed by atoms with E-state index in [9.17, 15) is 4.79 Å². The topological polar surface area (TPSA) is 67.8 Å². The Morgan fingerprint density at radius 2 is 2.04 bits per heavy atom. The number of hydrogen-bond donors (Lipinski definition) is 1. The number of benzene rings is 1. The number of aromatic nitrogens is 3. The fraction of sp³-hybridized carbons (Fsp3) is 0.333. The van der Waals surface area contributed by atoms with Crippen LogP contribution < -0.4 is 5.32 Å². The molecule has 0 aliphatic heterocycles. The van der Waals surface area contributed by atoms with Gasteiger partial charge in [-0.15, -0.1) is 10.2 Å². The molecule has 1 N–H and O–H groups in total. The standard InChI is InChI=1S/C18H18N4OS/c1-10(2)15-9-13(12-5-3-4-6-14(12)19-15)16(23)20-18-22-21-17(24-18)11-7-8-11/h3-6,9-11H,7-8H2,1-2H3,(H,20,22,23). The van der Waals surface area contributed by atoms with Crippen LogP contribution in [-0.2, 0) is 0 Å². The first-order valence-corrected chi connectivity index (χ1v) is 8.98. The zero-order valence-corrected chi connectivity index (χ0v) is 14.4. The number of anilines is 1. The van der Waals surface area contributed by atoms with Crippen LogP contribution in [0.2, 0.25) is 0 Å². The minimum Gasteiger partial charge on any atom is -0.296 e. The van der Waals surface area contributed by atoms with Gasteiger partial charge in [-0.25, -0.2) is 0 Å². The first kappa shape index (κ1) is 15.2. The molecule has 1 fully saturated rings. The van der Waals surface area contributed by atoms with Gasteiger partial charge in [-0.05, 0) is 30.9 Å². The quantitative estimate of drug-likeness (QED) is 0.768. The van der Waals surface area contributed by atoms with Gasteiger partial charge < -0.3 is 0 Å². The highest BCUT2D eigenvalue weighted by Gasteiger charge is 2.28. The van der Waals surface area contributed by atoms with Crippen LogP contribution in [0.5, 0.6) is 0 Å². The lowest BCUT2D eigenvalue weighted by Gasteiger charge is -2.11. The van der Waals surface area contributed by atoms with Gasteiger partial charge in [0.2, 0.25) is 5.13 Å². The van der Waals surface area contributed by atoms with E-state index in [0.717, 1.165) is 21.6 Å². The highest BCUT2D eigenvalue weighted by Crippen LogP contribution is 2.42. The van der Waals surface area contributed by atoms with Crippen LogP contribution in [0.4, 0.5) is 5.13 Å². The Labute approximate surface area is 144 Å². The second-order valence-corrected chi connectivity index (χ2v) is 7.45. The molecule has 1 aliphatic carbocycles. The predicted octanol–water partition coefficient (Wildman–Crippen LogP) is 4.34. The maximum atomic E-state index is 12.8. The van der Waals surface area contributed by atoms with Gasteiger partial charge in [0.1, 0.15) is 5.01 Å². The van der Waals surface area contributed by atoms with Gasteiger partial charge >= 0.3 is 0 Å². The summed E-state index contributed by atoms with van der Waals surface area (Å²) in [5.41, 5.74) is 2.38. The smallest absolute Gasteiger partial charge is 0.258 e. The third-order valence-electron chi connectivity index (χ3n) is 4.16. The Morgan fingerprint density at radius 1 is 1.25 bits per heavy atom. The van der Waals surface area contributed by atoms with Crippen molar-refractivity contribution in [2.75, 3.05) is 5.32 Å². The predicted molar refractivity (Wildman–Crippen MR) is 95.7 cm³/mol. The maximum absolute atomic E-state index is 12.8. The Bertz CT molecular complexity index is 914. The number of rotatable bonds is 4. The molecular weight excluding hydrogens is 320 g/mol. The fourth-order valence-corrected chi connectivity index (χ4v) is 3.53. The van der Waals surface area contributed by atoms with Gasteiger partial charge in [-0.2, -0.15) is 0 Å². The van der Waals surface area contributed by atoms with Crippen molar-refractivity contribution in [3.63, 3.8) is 0 Å². The molecule has 2 aromatic heterocycles. The number of para-hydroxylation sites is 1. The van der Waals surface area contributed by atoms with Crippen LogP contribution in [0.3, 0.4) is 0 Å². The molecule has 6 heteroatoms. The fourth-order valence-electron chi connectivity index (χ4n) is 2.62. The zero-order chi connectivity index (χ0) is 16.7. The summed E-state index contributed by atoms with van der Waals surface area (Å²) in [5, 5.41) is 13.6. The number of nitrogens with zero attached hydrogens (tertiary/aromatic N) is 3. The summed E-state index contributed by atoms with van der Waals surface area (Å²) >= 11 is 1.47. The number of amides is 1. The summed E-state index contributed by atoms with van der Waals surface area (Å²) in [6.07, 6.45) is 2.35. The summed E-state index contributed by atoms with van der Waals surface area (Å²) in [7, 11) is 0. The van der Waals surface area contributed by atoms with E-state index in [0.29, 0.717) is 16.6 Å². The van der Waals surface area contributed by atoms with E-state index < -0.39 is 0 Å². The summed E-state index contributed by atoms with van der Waals surface area (Å²) in [6.45, 7) is 4.15. The molecule has 24 heavy (non-hydrogen) atoms. The van der Waals surface area contributed by atoms with Crippen LogP contribution in [-0.4, -0.2) is 21.1 Å². The monoisotopic (exact) mass is 338 g/mol. The lowest BCUT2D eigenvalue weighted by molar-refractivity contribution is 0.102. The van der Waals surface area contributed by atoms with Crippen molar-refractivity contribution < 1.29 is 4.79 Å². The molecule has 1 aliphatic rings. The molecular formula is C18H18N4OS. The maximum Gasteiger partial charge on any atom is 0.258 e. The van der Waals surface area contributed by atoms with Gasteiger partial charge in [-0.1, -0.05) is 43.4 Å². The molecule has 5 nitrogen and oxygen atoms in total. The highest BCUT2D eigenvalue weighted by atomic mass is 32.1. The van der Waals surface area contributed by atoms with E-state index in [2.05, 4.69) is 34.3 Å². The molecule has 0 atom stereocenters. The highest BCUT2D eigenvalue weighted by molar-refractivity contribution is 7.15. The van der Waals surface area contributed by atoms with Crippen molar-refractivity contribution in [2.45, 2.75) is 38.5 Å². The minimum atomic E-state index is -0.158. The van der Waals surface area contributed by atoms with Crippen LogP contribution in [0.15, 0.2) is 30.3 Å². The Morgan fingerprint density at radius 3 is 2.79 bits per heavy atom. The Balaban J connectivity index is 1.69. The molecule has 0 saturated heterocycles. The van der Waals surface area contributed by atoms with Crippen molar-refractivity contribution in [1.29, 1.82) is 0 Å². The number of pyridine rings is 1. The van der Waals surface area contributed by atoms with Crippen molar-refractivity contribution >= 4 is 33.3 Å². The van der Waals surface area contributed by atoms with Crippen LogP contribution >= 0.6 is 11.3 Å². The second-order valence-electron chi connectivity index (χ2n) is 6.44. The van der Waals surface area contributed by atoms with E-state index >= 15 is 0 Å². The van der Waals surface area contributed by atoms with Crippen LogP contribution in [0, 0.1) is 0 Å². The summed E-state index contributed by atoms with van der Waals surface area (Å²) in [4.78, 5) is 17.5. The molecule has 0 spiro atoms. The number of nitrogens with one attached hydrogen (secondary N) is 1. The van der Waals surface area contributed by atoms with E-state index in [1.807, 2.05) is 30.3 Å². The summed E-state index contributed by atoms with van der Waals surface area (Å²) in [6, 6.07) is 9.61. The first-order chi connectivity index (χ1) is 11.6. The average Bonchev–Trinajstić information content (AvgIpc) is 3.33. The molecule has 1 saturated carbocycles. The van der Waals surface area contributed by atoms with Gasteiger partial charge in [0.05, 0.1) is 11.1 Å². The molecule has 1 amide bonds. The Kier molecular flexibility index (Phi) is 3.76.